The van der Waals surface area contributed by atoms with Gasteiger partial charge in [0.25, 0.3) is 0 Å². The summed E-state index contributed by atoms with van der Waals surface area (Å²) < 4.78 is 0. The van der Waals surface area contributed by atoms with E-state index in [0.717, 1.165) is 6.54 Å². The smallest absolute Gasteiger partial charge is 0.0372 e. The maximum Gasteiger partial charge on any atom is 0.0372 e. The molecule has 1 N–H and O–H groups in total. The van der Waals surface area contributed by atoms with E-state index in [4.69, 9.17) is 0 Å². The van der Waals surface area contributed by atoms with E-state index in [1.54, 1.807) is 0 Å². The third-order valence-corrected chi connectivity index (χ3v) is 3.25. The summed E-state index contributed by atoms with van der Waals surface area (Å²) in [7, 11) is 0. The number of hydrogen-bond acceptors (Lipinski definition) is 1. The quantitative estimate of drug-likeness (QED) is 0.750. The second-order valence-electron chi connectivity index (χ2n) is 4.26. The minimum atomic E-state index is 0.697. The summed E-state index contributed by atoms with van der Waals surface area (Å²) >= 11 is 0. The first-order valence-electron chi connectivity index (χ1n) is 5.68. The van der Waals surface area contributed by atoms with Gasteiger partial charge in [-0.1, -0.05) is 26.0 Å². The molecule has 0 amide bonds. The second-order valence-corrected chi connectivity index (χ2v) is 4.26. The van der Waals surface area contributed by atoms with Gasteiger partial charge in [0.15, 0.2) is 0 Å². The van der Waals surface area contributed by atoms with Gasteiger partial charge in [0.2, 0.25) is 0 Å². The molecule has 0 fully saturated rings. The molecule has 0 spiro atoms. The number of rotatable bonds is 2. The molecule has 0 bridgehead atoms. The Morgan fingerprint density at radius 2 is 2.29 bits per heavy atom. The molecule has 76 valence electrons. The van der Waals surface area contributed by atoms with Crippen LogP contribution in [0.25, 0.3) is 0 Å². The van der Waals surface area contributed by atoms with Gasteiger partial charge < -0.3 is 5.32 Å². The predicted octanol–water partition coefficient (Wildman–Crippen LogP) is 3.56. The fraction of sp³-hybridized carbons (Fsp3) is 0.538. The standard InChI is InChI=1S/C13H19N/c1-3-10(2)11-6-7-13-12(9-11)5-4-8-14-13/h6-7,9-10,14H,3-5,8H2,1-2H3. The molecule has 1 atom stereocenters. The van der Waals surface area contributed by atoms with Crippen molar-refractivity contribution in [2.24, 2.45) is 0 Å². The van der Waals surface area contributed by atoms with Crippen LogP contribution in [0.3, 0.4) is 0 Å². The van der Waals surface area contributed by atoms with Gasteiger partial charge in [-0.2, -0.15) is 0 Å². The first kappa shape index (κ1) is 9.57. The molecule has 1 aromatic rings. The highest BCUT2D eigenvalue weighted by Gasteiger charge is 2.10. The van der Waals surface area contributed by atoms with Gasteiger partial charge in [-0.05, 0) is 42.4 Å². The zero-order chi connectivity index (χ0) is 9.97. The van der Waals surface area contributed by atoms with Crippen LogP contribution in [0.4, 0.5) is 5.69 Å². The largest absolute Gasteiger partial charge is 0.385 e. The molecule has 1 aromatic carbocycles. The van der Waals surface area contributed by atoms with Crippen molar-refractivity contribution in [2.45, 2.75) is 39.0 Å². The Morgan fingerprint density at radius 1 is 1.43 bits per heavy atom. The van der Waals surface area contributed by atoms with Crippen molar-refractivity contribution >= 4 is 5.69 Å². The number of benzene rings is 1. The molecule has 1 aliphatic heterocycles. The lowest BCUT2D eigenvalue weighted by Crippen LogP contribution is -2.12. The minimum Gasteiger partial charge on any atom is -0.385 e. The summed E-state index contributed by atoms with van der Waals surface area (Å²) in [6, 6.07) is 6.90. The van der Waals surface area contributed by atoms with Crippen LogP contribution in [0, 0.1) is 0 Å². The van der Waals surface area contributed by atoms with Gasteiger partial charge in [-0.15, -0.1) is 0 Å². The average molecular weight is 189 g/mol. The van der Waals surface area contributed by atoms with Crippen LogP contribution in [0.2, 0.25) is 0 Å². The monoisotopic (exact) mass is 189 g/mol. The van der Waals surface area contributed by atoms with E-state index in [1.165, 1.54) is 36.1 Å². The topological polar surface area (TPSA) is 12.0 Å². The Morgan fingerprint density at radius 3 is 3.07 bits per heavy atom. The molecule has 0 saturated heterocycles. The van der Waals surface area contributed by atoms with Gasteiger partial charge in [0.05, 0.1) is 0 Å². The minimum absolute atomic E-state index is 0.697. The van der Waals surface area contributed by atoms with E-state index in [0.29, 0.717) is 5.92 Å². The average Bonchev–Trinajstić information content (AvgIpc) is 2.27. The molecule has 1 aliphatic rings. The Labute approximate surface area is 86.5 Å². The number of fused-ring (bicyclic) bond motifs is 1. The highest BCUT2D eigenvalue weighted by Crippen LogP contribution is 2.27. The number of aryl methyl sites for hydroxylation is 1. The van der Waals surface area contributed by atoms with E-state index >= 15 is 0 Å². The lowest BCUT2D eigenvalue weighted by Gasteiger charge is -2.20. The zero-order valence-electron chi connectivity index (χ0n) is 9.14. The van der Waals surface area contributed by atoms with Crippen LogP contribution in [-0.2, 0) is 6.42 Å². The van der Waals surface area contributed by atoms with E-state index in [2.05, 4.69) is 37.4 Å². The summed E-state index contributed by atoms with van der Waals surface area (Å²) in [5, 5.41) is 3.45. The Bertz CT molecular complexity index is 317. The molecule has 0 radical (unpaired) electrons. The molecule has 1 nitrogen and oxygen atoms in total. The maximum atomic E-state index is 3.45. The summed E-state index contributed by atoms with van der Waals surface area (Å²) in [6.45, 7) is 5.69. The first-order chi connectivity index (χ1) is 6.81. The molecule has 0 saturated carbocycles. The Hall–Kier alpha value is -0.980. The highest BCUT2D eigenvalue weighted by molar-refractivity contribution is 5.54. The van der Waals surface area contributed by atoms with E-state index < -0.39 is 0 Å². The van der Waals surface area contributed by atoms with Crippen LogP contribution in [0.5, 0.6) is 0 Å². The zero-order valence-corrected chi connectivity index (χ0v) is 9.14. The highest BCUT2D eigenvalue weighted by atomic mass is 14.9. The van der Waals surface area contributed by atoms with Gasteiger partial charge in [0.1, 0.15) is 0 Å². The lowest BCUT2D eigenvalue weighted by atomic mass is 9.93. The molecule has 2 rings (SSSR count). The lowest BCUT2D eigenvalue weighted by molar-refractivity contribution is 0.729. The van der Waals surface area contributed by atoms with E-state index in [1.807, 2.05) is 0 Å². The van der Waals surface area contributed by atoms with Gasteiger partial charge in [-0.25, -0.2) is 0 Å². The van der Waals surface area contributed by atoms with Crippen LogP contribution < -0.4 is 5.32 Å². The van der Waals surface area contributed by atoms with Crippen molar-refractivity contribution in [1.29, 1.82) is 0 Å². The summed E-state index contributed by atoms with van der Waals surface area (Å²) in [6.07, 6.45) is 3.75. The van der Waals surface area contributed by atoms with Crippen molar-refractivity contribution in [3.05, 3.63) is 29.3 Å². The van der Waals surface area contributed by atoms with Crippen molar-refractivity contribution in [3.63, 3.8) is 0 Å². The molecule has 1 unspecified atom stereocenters. The molecule has 0 aromatic heterocycles. The molecular formula is C13H19N. The van der Waals surface area contributed by atoms with Gasteiger partial charge in [-0.3, -0.25) is 0 Å². The summed E-state index contributed by atoms with van der Waals surface area (Å²) in [5.74, 6) is 0.697. The normalized spacial score (nSPS) is 17.0. The van der Waals surface area contributed by atoms with Crippen molar-refractivity contribution in [1.82, 2.24) is 0 Å². The number of nitrogens with one attached hydrogen (secondary N) is 1. The van der Waals surface area contributed by atoms with Gasteiger partial charge >= 0.3 is 0 Å². The molecular weight excluding hydrogens is 170 g/mol. The van der Waals surface area contributed by atoms with Crippen LogP contribution in [0.15, 0.2) is 18.2 Å². The SMILES string of the molecule is CCC(C)c1ccc2c(c1)CCCN2. The third kappa shape index (κ3) is 1.77. The van der Waals surface area contributed by atoms with Crippen molar-refractivity contribution in [2.75, 3.05) is 11.9 Å². The summed E-state index contributed by atoms with van der Waals surface area (Å²) in [5.41, 5.74) is 4.35. The van der Waals surface area contributed by atoms with Crippen LogP contribution >= 0.6 is 0 Å². The third-order valence-electron chi connectivity index (χ3n) is 3.25. The Balaban J connectivity index is 2.29. The van der Waals surface area contributed by atoms with Crippen LogP contribution in [0.1, 0.15) is 43.7 Å². The fourth-order valence-corrected chi connectivity index (χ4v) is 2.04. The van der Waals surface area contributed by atoms with Crippen molar-refractivity contribution < 1.29 is 0 Å². The number of anilines is 1. The van der Waals surface area contributed by atoms with Crippen molar-refractivity contribution in [3.8, 4) is 0 Å². The van der Waals surface area contributed by atoms with E-state index in [-0.39, 0.29) is 0 Å². The maximum absolute atomic E-state index is 3.45. The predicted molar refractivity (Wildman–Crippen MR) is 62.0 cm³/mol. The molecule has 0 aliphatic carbocycles. The fourth-order valence-electron chi connectivity index (χ4n) is 2.04. The van der Waals surface area contributed by atoms with Crippen LogP contribution in [-0.4, -0.2) is 6.54 Å². The second kappa shape index (κ2) is 4.04. The molecule has 14 heavy (non-hydrogen) atoms. The van der Waals surface area contributed by atoms with E-state index in [9.17, 15) is 0 Å². The molecule has 1 heteroatoms. The molecule has 1 heterocycles. The summed E-state index contributed by atoms with van der Waals surface area (Å²) in [4.78, 5) is 0. The Kier molecular flexibility index (Phi) is 2.76. The van der Waals surface area contributed by atoms with Gasteiger partial charge in [0, 0.05) is 12.2 Å². The first-order valence-corrected chi connectivity index (χ1v) is 5.68. The number of hydrogen-bond donors (Lipinski definition) is 1.